The first-order valence-electron chi connectivity index (χ1n) is 5.03. The Morgan fingerprint density at radius 1 is 1.44 bits per heavy atom. The van der Waals surface area contributed by atoms with Crippen molar-refractivity contribution in [3.8, 4) is 6.07 Å². The van der Waals surface area contributed by atoms with Crippen LogP contribution in [0.1, 0.15) is 19.4 Å². The normalized spacial score (nSPS) is 9.88. The van der Waals surface area contributed by atoms with Crippen molar-refractivity contribution in [2.45, 2.75) is 20.0 Å². The van der Waals surface area contributed by atoms with E-state index in [0.717, 1.165) is 0 Å². The zero-order chi connectivity index (χ0) is 12.0. The van der Waals surface area contributed by atoms with Gasteiger partial charge in [-0.05, 0) is 38.1 Å². The van der Waals surface area contributed by atoms with Crippen molar-refractivity contribution in [3.05, 3.63) is 29.8 Å². The van der Waals surface area contributed by atoms with E-state index in [1.807, 2.05) is 19.9 Å². The Balaban J connectivity index is 2.47. The lowest BCUT2D eigenvalue weighted by Crippen LogP contribution is -2.20. The van der Waals surface area contributed by atoms with E-state index in [2.05, 4.69) is 5.32 Å². The van der Waals surface area contributed by atoms with Gasteiger partial charge >= 0.3 is 0 Å². The number of nitriles is 1. The van der Waals surface area contributed by atoms with Crippen LogP contribution in [0.5, 0.6) is 0 Å². The van der Waals surface area contributed by atoms with Gasteiger partial charge in [0, 0.05) is 5.69 Å². The SMILES string of the molecule is CC(C)OCC(=O)Nc1ccc(C#N)cc1. The molecule has 0 bridgehead atoms. The number of anilines is 1. The fraction of sp³-hybridized carbons (Fsp3) is 0.333. The van der Waals surface area contributed by atoms with Crippen LogP contribution in [0.15, 0.2) is 24.3 Å². The molecule has 0 aliphatic carbocycles. The van der Waals surface area contributed by atoms with Gasteiger partial charge < -0.3 is 10.1 Å². The topological polar surface area (TPSA) is 62.1 Å². The van der Waals surface area contributed by atoms with E-state index in [1.54, 1.807) is 24.3 Å². The summed E-state index contributed by atoms with van der Waals surface area (Å²) in [6.07, 6.45) is 0.0340. The predicted octanol–water partition coefficient (Wildman–Crippen LogP) is 1.92. The molecule has 1 N–H and O–H groups in total. The number of amides is 1. The van der Waals surface area contributed by atoms with Gasteiger partial charge in [0.25, 0.3) is 0 Å². The van der Waals surface area contributed by atoms with Crippen LogP contribution in [-0.4, -0.2) is 18.6 Å². The van der Waals surface area contributed by atoms with E-state index in [0.29, 0.717) is 11.3 Å². The van der Waals surface area contributed by atoms with Crippen LogP contribution < -0.4 is 5.32 Å². The largest absolute Gasteiger partial charge is 0.369 e. The Morgan fingerprint density at radius 2 is 2.06 bits per heavy atom. The molecule has 0 radical (unpaired) electrons. The van der Waals surface area contributed by atoms with E-state index in [-0.39, 0.29) is 18.6 Å². The Bertz CT molecular complexity index is 390. The Morgan fingerprint density at radius 3 is 2.56 bits per heavy atom. The molecule has 0 unspecified atom stereocenters. The van der Waals surface area contributed by atoms with Gasteiger partial charge in [-0.1, -0.05) is 0 Å². The van der Waals surface area contributed by atoms with E-state index in [4.69, 9.17) is 10.00 Å². The summed E-state index contributed by atoms with van der Waals surface area (Å²) >= 11 is 0. The monoisotopic (exact) mass is 218 g/mol. The molecule has 1 aromatic rings. The van der Waals surface area contributed by atoms with Crippen LogP contribution in [0.3, 0.4) is 0 Å². The molecule has 0 aliphatic heterocycles. The lowest BCUT2D eigenvalue weighted by Gasteiger charge is -2.08. The summed E-state index contributed by atoms with van der Waals surface area (Å²) in [5, 5.41) is 11.3. The van der Waals surface area contributed by atoms with Gasteiger partial charge in [-0.15, -0.1) is 0 Å². The van der Waals surface area contributed by atoms with Gasteiger partial charge in [0.2, 0.25) is 5.91 Å². The quantitative estimate of drug-likeness (QED) is 0.839. The first-order valence-corrected chi connectivity index (χ1v) is 5.03. The second-order valence-electron chi connectivity index (χ2n) is 3.60. The molecule has 4 nitrogen and oxygen atoms in total. The average Bonchev–Trinajstić information content (AvgIpc) is 2.27. The number of nitrogens with one attached hydrogen (secondary N) is 1. The average molecular weight is 218 g/mol. The molecule has 0 atom stereocenters. The van der Waals surface area contributed by atoms with E-state index in [9.17, 15) is 4.79 Å². The number of carbonyl (C=O) groups is 1. The second-order valence-corrected chi connectivity index (χ2v) is 3.60. The predicted molar refractivity (Wildman–Crippen MR) is 60.9 cm³/mol. The van der Waals surface area contributed by atoms with Gasteiger partial charge in [0.05, 0.1) is 17.7 Å². The number of carbonyl (C=O) groups excluding carboxylic acids is 1. The molecule has 0 fully saturated rings. The molecule has 0 spiro atoms. The highest BCUT2D eigenvalue weighted by atomic mass is 16.5. The lowest BCUT2D eigenvalue weighted by atomic mass is 10.2. The maximum Gasteiger partial charge on any atom is 0.250 e. The molecule has 16 heavy (non-hydrogen) atoms. The van der Waals surface area contributed by atoms with Gasteiger partial charge in [-0.25, -0.2) is 0 Å². The van der Waals surface area contributed by atoms with E-state index < -0.39 is 0 Å². The number of nitrogens with zero attached hydrogens (tertiary/aromatic N) is 1. The summed E-state index contributed by atoms with van der Waals surface area (Å²) in [6.45, 7) is 3.78. The zero-order valence-corrected chi connectivity index (χ0v) is 9.36. The number of hydrogen-bond donors (Lipinski definition) is 1. The van der Waals surface area contributed by atoms with Crippen molar-refractivity contribution >= 4 is 11.6 Å². The molecule has 0 heterocycles. The molecule has 0 aromatic heterocycles. The molecule has 4 heteroatoms. The van der Waals surface area contributed by atoms with Crippen molar-refractivity contribution in [1.29, 1.82) is 5.26 Å². The molecule has 84 valence electrons. The van der Waals surface area contributed by atoms with Crippen LogP contribution in [0, 0.1) is 11.3 Å². The molecular formula is C12H14N2O2. The van der Waals surface area contributed by atoms with Gasteiger partial charge in [0.15, 0.2) is 0 Å². The van der Waals surface area contributed by atoms with Crippen LogP contribution in [0.25, 0.3) is 0 Å². The fourth-order valence-electron chi connectivity index (χ4n) is 1.07. The number of hydrogen-bond acceptors (Lipinski definition) is 3. The maximum atomic E-state index is 11.4. The zero-order valence-electron chi connectivity index (χ0n) is 9.36. The third-order valence-electron chi connectivity index (χ3n) is 1.85. The van der Waals surface area contributed by atoms with Crippen molar-refractivity contribution in [2.24, 2.45) is 0 Å². The minimum Gasteiger partial charge on any atom is -0.369 e. The fourth-order valence-corrected chi connectivity index (χ4v) is 1.07. The van der Waals surface area contributed by atoms with Crippen LogP contribution >= 0.6 is 0 Å². The van der Waals surface area contributed by atoms with Crippen molar-refractivity contribution in [2.75, 3.05) is 11.9 Å². The van der Waals surface area contributed by atoms with Crippen molar-refractivity contribution < 1.29 is 9.53 Å². The first kappa shape index (κ1) is 12.2. The van der Waals surface area contributed by atoms with E-state index in [1.165, 1.54) is 0 Å². The standard InChI is InChI=1S/C12H14N2O2/c1-9(2)16-8-12(15)14-11-5-3-10(7-13)4-6-11/h3-6,9H,8H2,1-2H3,(H,14,15). The maximum absolute atomic E-state index is 11.4. The molecule has 0 saturated carbocycles. The summed E-state index contributed by atoms with van der Waals surface area (Å²) < 4.78 is 5.16. The van der Waals surface area contributed by atoms with Crippen molar-refractivity contribution in [3.63, 3.8) is 0 Å². The number of ether oxygens (including phenoxy) is 1. The number of rotatable bonds is 4. The van der Waals surface area contributed by atoms with Crippen LogP contribution in [-0.2, 0) is 9.53 Å². The smallest absolute Gasteiger partial charge is 0.250 e. The van der Waals surface area contributed by atoms with Crippen LogP contribution in [0.4, 0.5) is 5.69 Å². The highest BCUT2D eigenvalue weighted by Crippen LogP contribution is 2.08. The van der Waals surface area contributed by atoms with Gasteiger partial charge in [0.1, 0.15) is 6.61 Å². The first-order chi connectivity index (χ1) is 7.61. The summed E-state index contributed by atoms with van der Waals surface area (Å²) in [5.41, 5.74) is 1.23. The summed E-state index contributed by atoms with van der Waals surface area (Å²) in [5.74, 6) is -0.196. The minimum atomic E-state index is -0.196. The number of benzene rings is 1. The molecular weight excluding hydrogens is 204 g/mol. The van der Waals surface area contributed by atoms with Gasteiger partial charge in [-0.2, -0.15) is 5.26 Å². The highest BCUT2D eigenvalue weighted by molar-refractivity contribution is 5.91. The molecule has 1 amide bonds. The van der Waals surface area contributed by atoms with Gasteiger partial charge in [-0.3, -0.25) is 4.79 Å². The second kappa shape index (κ2) is 5.89. The Labute approximate surface area is 94.8 Å². The third kappa shape index (κ3) is 4.11. The van der Waals surface area contributed by atoms with E-state index >= 15 is 0 Å². The lowest BCUT2D eigenvalue weighted by molar-refractivity contribution is -0.121. The molecule has 1 aromatic carbocycles. The van der Waals surface area contributed by atoms with Crippen LogP contribution in [0.2, 0.25) is 0 Å². The molecule has 1 rings (SSSR count). The Hall–Kier alpha value is -1.86. The highest BCUT2D eigenvalue weighted by Gasteiger charge is 2.03. The molecule has 0 aliphatic rings. The molecule has 0 saturated heterocycles. The summed E-state index contributed by atoms with van der Waals surface area (Å²) in [7, 11) is 0. The summed E-state index contributed by atoms with van der Waals surface area (Å²) in [4.78, 5) is 11.4. The Kier molecular flexibility index (Phi) is 4.49. The summed E-state index contributed by atoms with van der Waals surface area (Å²) in [6, 6.07) is 8.69. The minimum absolute atomic E-state index is 0.0340. The third-order valence-corrected chi connectivity index (χ3v) is 1.85. The van der Waals surface area contributed by atoms with Crippen molar-refractivity contribution in [1.82, 2.24) is 0 Å².